The fourth-order valence-electron chi connectivity index (χ4n) is 4.08. The second-order valence-corrected chi connectivity index (χ2v) is 7.91. The SMILES string of the molecule is O=C(O)[C@H](COCc1cncc(F)c1)NC(c1ccccc1)(c1ccccc1)c1ccccc1. The first-order valence-corrected chi connectivity index (χ1v) is 10.9. The van der Waals surface area contributed by atoms with E-state index in [4.69, 9.17) is 4.74 Å². The fraction of sp³-hybridized carbons (Fsp3) is 0.143. The number of aliphatic carboxylic acids is 1. The number of aromatic nitrogens is 1. The van der Waals surface area contributed by atoms with E-state index in [0.29, 0.717) is 5.56 Å². The fourth-order valence-corrected chi connectivity index (χ4v) is 4.08. The predicted octanol–water partition coefficient (Wildman–Crippen LogP) is 4.77. The maximum Gasteiger partial charge on any atom is 0.323 e. The van der Waals surface area contributed by atoms with Gasteiger partial charge in [0.25, 0.3) is 0 Å². The minimum atomic E-state index is -1.05. The first-order valence-electron chi connectivity index (χ1n) is 10.9. The quantitative estimate of drug-likeness (QED) is 0.336. The molecule has 4 rings (SSSR count). The summed E-state index contributed by atoms with van der Waals surface area (Å²) in [7, 11) is 0. The average Bonchev–Trinajstić information content (AvgIpc) is 2.88. The van der Waals surface area contributed by atoms with Gasteiger partial charge in [0, 0.05) is 6.20 Å². The van der Waals surface area contributed by atoms with E-state index in [1.54, 1.807) is 0 Å². The van der Waals surface area contributed by atoms with Crippen molar-refractivity contribution >= 4 is 5.97 Å². The number of hydrogen-bond acceptors (Lipinski definition) is 4. The highest BCUT2D eigenvalue weighted by Gasteiger charge is 2.39. The van der Waals surface area contributed by atoms with E-state index in [0.717, 1.165) is 22.9 Å². The lowest BCUT2D eigenvalue weighted by molar-refractivity contribution is -0.141. The van der Waals surface area contributed by atoms with E-state index in [1.807, 2.05) is 91.0 Å². The summed E-state index contributed by atoms with van der Waals surface area (Å²) < 4.78 is 19.1. The van der Waals surface area contributed by atoms with Crippen LogP contribution in [0.15, 0.2) is 109 Å². The molecule has 0 amide bonds. The van der Waals surface area contributed by atoms with Crippen molar-refractivity contribution in [3.63, 3.8) is 0 Å². The third kappa shape index (κ3) is 5.20. The van der Waals surface area contributed by atoms with E-state index in [1.165, 1.54) is 12.3 Å². The number of nitrogens with zero attached hydrogens (tertiary/aromatic N) is 1. The molecule has 5 nitrogen and oxygen atoms in total. The molecule has 2 N–H and O–H groups in total. The topological polar surface area (TPSA) is 71.5 Å². The van der Waals surface area contributed by atoms with Crippen molar-refractivity contribution in [2.24, 2.45) is 0 Å². The van der Waals surface area contributed by atoms with Gasteiger partial charge in [-0.15, -0.1) is 0 Å². The summed E-state index contributed by atoms with van der Waals surface area (Å²) in [5.41, 5.74) is 2.27. The van der Waals surface area contributed by atoms with Crippen LogP contribution < -0.4 is 5.32 Å². The van der Waals surface area contributed by atoms with Crippen LogP contribution >= 0.6 is 0 Å². The first kappa shape index (κ1) is 23.3. The summed E-state index contributed by atoms with van der Waals surface area (Å²) in [6.07, 6.45) is 2.60. The Labute approximate surface area is 197 Å². The molecule has 34 heavy (non-hydrogen) atoms. The molecule has 3 aromatic carbocycles. The van der Waals surface area contributed by atoms with Crippen molar-refractivity contribution in [1.29, 1.82) is 0 Å². The normalized spacial score (nSPS) is 12.3. The van der Waals surface area contributed by atoms with Crippen molar-refractivity contribution in [2.75, 3.05) is 6.61 Å². The predicted molar refractivity (Wildman–Crippen MR) is 128 cm³/mol. The smallest absolute Gasteiger partial charge is 0.323 e. The van der Waals surface area contributed by atoms with Crippen LogP contribution in [0.25, 0.3) is 0 Å². The number of halogens is 1. The number of benzene rings is 3. The van der Waals surface area contributed by atoms with Gasteiger partial charge in [-0.05, 0) is 28.3 Å². The monoisotopic (exact) mass is 456 g/mol. The standard InChI is InChI=1S/C28H25FN2O3/c29-25-16-21(17-30-18-25)19-34-20-26(27(32)33)31-28(22-10-4-1-5-11-22,23-12-6-2-7-13-23)24-14-8-3-9-15-24/h1-18,26,31H,19-20H2,(H,32,33)/t26-/m0/s1. The zero-order valence-corrected chi connectivity index (χ0v) is 18.5. The Bertz CT molecular complexity index is 1110. The Kier molecular flexibility index (Phi) is 7.42. The van der Waals surface area contributed by atoms with Crippen LogP contribution in [0, 0.1) is 5.82 Å². The van der Waals surface area contributed by atoms with Crippen molar-refractivity contribution in [1.82, 2.24) is 10.3 Å². The molecule has 0 aliphatic carbocycles. The van der Waals surface area contributed by atoms with Gasteiger partial charge >= 0.3 is 5.97 Å². The van der Waals surface area contributed by atoms with Gasteiger partial charge in [-0.2, -0.15) is 0 Å². The lowest BCUT2D eigenvalue weighted by Crippen LogP contribution is -2.54. The number of carboxylic acid groups (broad SMARTS) is 1. The molecule has 0 fully saturated rings. The second-order valence-electron chi connectivity index (χ2n) is 7.91. The molecule has 6 heteroatoms. The first-order chi connectivity index (χ1) is 16.6. The van der Waals surface area contributed by atoms with Gasteiger partial charge in [0.05, 0.1) is 24.9 Å². The molecule has 1 heterocycles. The molecular formula is C28H25FN2O3. The lowest BCUT2D eigenvalue weighted by atomic mass is 9.76. The summed E-state index contributed by atoms with van der Waals surface area (Å²) in [5.74, 6) is -1.52. The number of rotatable bonds is 10. The summed E-state index contributed by atoms with van der Waals surface area (Å²) in [6.45, 7) is -0.0780. The van der Waals surface area contributed by atoms with E-state index < -0.39 is 23.4 Å². The highest BCUT2D eigenvalue weighted by molar-refractivity contribution is 5.74. The molecule has 0 aliphatic heterocycles. The molecule has 0 radical (unpaired) electrons. The van der Waals surface area contributed by atoms with Crippen LogP contribution in [0.1, 0.15) is 22.3 Å². The van der Waals surface area contributed by atoms with Gasteiger partial charge in [-0.3, -0.25) is 15.1 Å². The average molecular weight is 457 g/mol. The van der Waals surface area contributed by atoms with Crippen molar-refractivity contribution < 1.29 is 19.0 Å². The van der Waals surface area contributed by atoms with Crippen molar-refractivity contribution in [3.8, 4) is 0 Å². The number of carbonyl (C=O) groups is 1. The van der Waals surface area contributed by atoms with E-state index in [2.05, 4.69) is 10.3 Å². The van der Waals surface area contributed by atoms with Gasteiger partial charge in [-0.1, -0.05) is 91.0 Å². The number of nitrogens with one attached hydrogen (secondary N) is 1. The van der Waals surface area contributed by atoms with Gasteiger partial charge in [0.2, 0.25) is 0 Å². The largest absolute Gasteiger partial charge is 0.480 e. The molecule has 0 saturated carbocycles. The molecule has 0 spiro atoms. The minimum absolute atomic E-state index is 0.0469. The summed E-state index contributed by atoms with van der Waals surface area (Å²) in [6, 6.07) is 29.5. The molecule has 1 atom stereocenters. The van der Waals surface area contributed by atoms with Crippen molar-refractivity contribution in [3.05, 3.63) is 138 Å². The van der Waals surface area contributed by atoms with Crippen LogP contribution in [0.2, 0.25) is 0 Å². The number of pyridine rings is 1. The summed E-state index contributed by atoms with van der Waals surface area (Å²) in [5, 5.41) is 13.5. The summed E-state index contributed by atoms with van der Waals surface area (Å²) >= 11 is 0. The van der Waals surface area contributed by atoms with Crippen LogP contribution in [0.5, 0.6) is 0 Å². The molecule has 0 bridgehead atoms. The zero-order valence-electron chi connectivity index (χ0n) is 18.5. The van der Waals surface area contributed by atoms with E-state index >= 15 is 0 Å². The molecule has 172 valence electrons. The van der Waals surface area contributed by atoms with Gasteiger partial charge in [0.1, 0.15) is 11.9 Å². The van der Waals surface area contributed by atoms with Gasteiger partial charge < -0.3 is 9.84 Å². The number of carboxylic acids is 1. The maximum atomic E-state index is 13.4. The Morgan fingerprint density at radius 3 is 1.82 bits per heavy atom. The van der Waals surface area contributed by atoms with Gasteiger partial charge in [-0.25, -0.2) is 4.39 Å². The highest BCUT2D eigenvalue weighted by Crippen LogP contribution is 2.37. The van der Waals surface area contributed by atoms with Crippen LogP contribution in [-0.2, 0) is 21.7 Å². The Morgan fingerprint density at radius 2 is 1.38 bits per heavy atom. The maximum absolute atomic E-state index is 13.4. The number of hydrogen-bond donors (Lipinski definition) is 2. The number of ether oxygens (including phenoxy) is 1. The molecule has 0 aliphatic rings. The zero-order chi connectivity index (χ0) is 23.8. The van der Waals surface area contributed by atoms with E-state index in [9.17, 15) is 14.3 Å². The minimum Gasteiger partial charge on any atom is -0.480 e. The van der Waals surface area contributed by atoms with Crippen LogP contribution in [0.4, 0.5) is 4.39 Å². The second kappa shape index (κ2) is 10.8. The highest BCUT2D eigenvalue weighted by atomic mass is 19.1. The lowest BCUT2D eigenvalue weighted by Gasteiger charge is -2.39. The molecule has 0 saturated heterocycles. The van der Waals surface area contributed by atoms with E-state index in [-0.39, 0.29) is 13.2 Å². The van der Waals surface area contributed by atoms with Crippen molar-refractivity contribution in [2.45, 2.75) is 18.2 Å². The third-order valence-electron chi connectivity index (χ3n) is 5.62. The Hall–Kier alpha value is -3.87. The third-order valence-corrected chi connectivity index (χ3v) is 5.62. The van der Waals surface area contributed by atoms with Crippen LogP contribution in [-0.4, -0.2) is 28.7 Å². The van der Waals surface area contributed by atoms with Crippen LogP contribution in [0.3, 0.4) is 0 Å². The Morgan fingerprint density at radius 1 is 0.882 bits per heavy atom. The molecular weight excluding hydrogens is 431 g/mol. The Balaban J connectivity index is 1.72. The van der Waals surface area contributed by atoms with Gasteiger partial charge in [0.15, 0.2) is 0 Å². The summed E-state index contributed by atoms with van der Waals surface area (Å²) in [4.78, 5) is 16.2. The molecule has 4 aromatic rings. The molecule has 0 unspecified atom stereocenters. The molecule has 1 aromatic heterocycles.